The molecule has 2 aromatic carbocycles. The van der Waals surface area contributed by atoms with Crippen molar-refractivity contribution in [1.82, 2.24) is 10.6 Å². The van der Waals surface area contributed by atoms with Crippen molar-refractivity contribution in [2.75, 3.05) is 6.61 Å². The summed E-state index contributed by atoms with van der Waals surface area (Å²) in [4.78, 5) is 37.2. The maximum atomic E-state index is 12.9. The molecule has 7 nitrogen and oxygen atoms in total. The number of fused-ring (bicyclic) bond motifs is 3. The number of alkyl carbamates (subject to hydrolysis) is 1. The maximum absolute atomic E-state index is 12.9. The van der Waals surface area contributed by atoms with Gasteiger partial charge in [0.15, 0.2) is 0 Å². The van der Waals surface area contributed by atoms with Crippen LogP contribution in [0.2, 0.25) is 0 Å². The van der Waals surface area contributed by atoms with E-state index in [-0.39, 0.29) is 18.9 Å². The predicted molar refractivity (Wildman–Crippen MR) is 135 cm³/mol. The van der Waals surface area contributed by atoms with Crippen molar-refractivity contribution in [3.05, 3.63) is 71.3 Å². The summed E-state index contributed by atoms with van der Waals surface area (Å²) in [6, 6.07) is 14.2. The molecule has 0 fully saturated rings. The second-order valence-corrected chi connectivity index (χ2v) is 9.08. The molecule has 0 heterocycles. The molecule has 2 unspecified atom stereocenters. The van der Waals surface area contributed by atoms with Gasteiger partial charge in [-0.15, -0.1) is 0 Å². The van der Waals surface area contributed by atoms with Gasteiger partial charge in [0.2, 0.25) is 5.91 Å². The maximum Gasteiger partial charge on any atom is 0.407 e. The molecule has 2 amide bonds. The number of hydrogen-bond donors (Lipinski definition) is 3. The molecule has 0 spiro atoms. The Morgan fingerprint density at radius 3 is 2.11 bits per heavy atom. The van der Waals surface area contributed by atoms with Gasteiger partial charge in [0, 0.05) is 5.92 Å². The number of carbonyl (C=O) groups is 3. The van der Waals surface area contributed by atoms with Crippen LogP contribution in [0, 0.1) is 0 Å². The highest BCUT2D eigenvalue weighted by atomic mass is 16.5. The first-order valence-corrected chi connectivity index (χ1v) is 12.1. The number of hydrogen-bond acceptors (Lipinski definition) is 4. The lowest BCUT2D eigenvalue weighted by Gasteiger charge is -2.21. The number of rotatable bonds is 11. The summed E-state index contributed by atoms with van der Waals surface area (Å²) in [5.74, 6) is -1.72. The number of carboxylic acid groups (broad SMARTS) is 1. The number of allylic oxidation sites excluding steroid dienone is 1. The summed E-state index contributed by atoms with van der Waals surface area (Å²) >= 11 is 0. The van der Waals surface area contributed by atoms with Crippen LogP contribution < -0.4 is 10.6 Å². The molecule has 7 heteroatoms. The van der Waals surface area contributed by atoms with Gasteiger partial charge in [-0.3, -0.25) is 4.79 Å². The minimum Gasteiger partial charge on any atom is -0.480 e. The van der Waals surface area contributed by atoms with Crippen LogP contribution in [0.25, 0.3) is 11.1 Å². The molecule has 0 radical (unpaired) electrons. The Bertz CT molecular complexity index is 1040. The molecule has 35 heavy (non-hydrogen) atoms. The lowest BCUT2D eigenvalue weighted by molar-refractivity contribution is -0.142. The third kappa shape index (κ3) is 6.72. The highest BCUT2D eigenvalue weighted by Gasteiger charge is 2.30. The second-order valence-electron chi connectivity index (χ2n) is 9.08. The largest absolute Gasteiger partial charge is 0.480 e. The average molecular weight is 479 g/mol. The van der Waals surface area contributed by atoms with E-state index < -0.39 is 30.1 Å². The Morgan fingerprint density at radius 1 is 0.971 bits per heavy atom. The van der Waals surface area contributed by atoms with Gasteiger partial charge in [0.05, 0.1) is 0 Å². The van der Waals surface area contributed by atoms with Crippen LogP contribution in [0.4, 0.5) is 4.79 Å². The van der Waals surface area contributed by atoms with Gasteiger partial charge >= 0.3 is 12.1 Å². The topological polar surface area (TPSA) is 105 Å². The zero-order valence-corrected chi connectivity index (χ0v) is 20.5. The SMILES string of the molecule is CCCCC(NC(=O)C(CC=C(C)C)NC(=O)OCC1c2ccccc2-c2ccccc21)C(=O)O. The standard InChI is InChI=1S/C28H34N2O5/c1-4-5-14-25(27(32)33)29-26(31)24(16-15-18(2)3)30-28(34)35-17-23-21-12-8-6-10-19(21)20-11-7-9-13-22(20)23/h6-13,15,23-25H,4-5,14,16-17H2,1-3H3,(H,29,31)(H,30,34)(H,32,33). The van der Waals surface area contributed by atoms with Crippen molar-refractivity contribution < 1.29 is 24.2 Å². The third-order valence-corrected chi connectivity index (χ3v) is 6.17. The van der Waals surface area contributed by atoms with Gasteiger partial charge in [-0.1, -0.05) is 79.9 Å². The van der Waals surface area contributed by atoms with E-state index in [1.807, 2.05) is 63.2 Å². The van der Waals surface area contributed by atoms with Gasteiger partial charge in [0.25, 0.3) is 0 Å². The van der Waals surface area contributed by atoms with E-state index in [1.54, 1.807) is 0 Å². The van der Waals surface area contributed by atoms with E-state index in [4.69, 9.17) is 4.74 Å². The fourth-order valence-corrected chi connectivity index (χ4v) is 4.31. The van der Waals surface area contributed by atoms with E-state index in [2.05, 4.69) is 22.8 Å². The first-order valence-electron chi connectivity index (χ1n) is 12.1. The molecule has 0 bridgehead atoms. The number of ether oxygens (including phenoxy) is 1. The van der Waals surface area contributed by atoms with Gasteiger partial charge in [-0.05, 0) is 48.9 Å². The summed E-state index contributed by atoms with van der Waals surface area (Å²) in [7, 11) is 0. The zero-order valence-electron chi connectivity index (χ0n) is 20.5. The molecule has 2 atom stereocenters. The van der Waals surface area contributed by atoms with Crippen molar-refractivity contribution >= 4 is 18.0 Å². The second kappa shape index (κ2) is 12.2. The molecule has 0 saturated carbocycles. The van der Waals surface area contributed by atoms with Crippen LogP contribution in [-0.4, -0.2) is 41.8 Å². The summed E-state index contributed by atoms with van der Waals surface area (Å²) in [5, 5.41) is 14.7. The fourth-order valence-electron chi connectivity index (χ4n) is 4.31. The van der Waals surface area contributed by atoms with E-state index in [0.717, 1.165) is 34.2 Å². The molecule has 3 rings (SSSR count). The molecule has 186 valence electrons. The highest BCUT2D eigenvalue weighted by molar-refractivity contribution is 5.89. The summed E-state index contributed by atoms with van der Waals surface area (Å²) < 4.78 is 5.58. The lowest BCUT2D eigenvalue weighted by Crippen LogP contribution is -2.51. The van der Waals surface area contributed by atoms with Gasteiger partial charge in [0.1, 0.15) is 18.7 Å². The number of benzene rings is 2. The number of carbonyl (C=O) groups excluding carboxylic acids is 2. The first-order chi connectivity index (χ1) is 16.8. The van der Waals surface area contributed by atoms with Crippen LogP contribution in [0.3, 0.4) is 0 Å². The third-order valence-electron chi connectivity index (χ3n) is 6.17. The number of nitrogens with one attached hydrogen (secondary N) is 2. The number of carboxylic acids is 1. The average Bonchev–Trinajstić information content (AvgIpc) is 3.16. The van der Waals surface area contributed by atoms with E-state index in [1.165, 1.54) is 0 Å². The minimum absolute atomic E-state index is 0.0938. The number of amides is 2. The van der Waals surface area contributed by atoms with E-state index in [0.29, 0.717) is 12.8 Å². The molecule has 2 aromatic rings. The Balaban J connectivity index is 1.67. The van der Waals surface area contributed by atoms with Crippen molar-refractivity contribution in [3.63, 3.8) is 0 Å². The molecule has 0 aromatic heterocycles. The van der Waals surface area contributed by atoms with Crippen molar-refractivity contribution in [2.24, 2.45) is 0 Å². The monoisotopic (exact) mass is 478 g/mol. The van der Waals surface area contributed by atoms with Crippen molar-refractivity contribution in [1.29, 1.82) is 0 Å². The van der Waals surface area contributed by atoms with Gasteiger partial charge in [-0.25, -0.2) is 9.59 Å². The van der Waals surface area contributed by atoms with Crippen molar-refractivity contribution in [3.8, 4) is 11.1 Å². The van der Waals surface area contributed by atoms with Crippen molar-refractivity contribution in [2.45, 2.75) is 64.5 Å². The van der Waals surface area contributed by atoms with Gasteiger partial charge < -0.3 is 20.5 Å². The molecular formula is C28H34N2O5. The molecule has 0 aliphatic heterocycles. The molecule has 0 saturated heterocycles. The van der Waals surface area contributed by atoms with Crippen LogP contribution in [0.15, 0.2) is 60.2 Å². The first kappa shape index (κ1) is 26.0. The fraction of sp³-hybridized carbons (Fsp3) is 0.393. The summed E-state index contributed by atoms with van der Waals surface area (Å²) in [5.41, 5.74) is 5.44. The molecule has 1 aliphatic rings. The molecular weight excluding hydrogens is 444 g/mol. The van der Waals surface area contributed by atoms with Crippen LogP contribution in [-0.2, 0) is 14.3 Å². The Labute approximate surface area is 206 Å². The zero-order chi connectivity index (χ0) is 25.4. The predicted octanol–water partition coefficient (Wildman–Crippen LogP) is 5.01. The molecule has 1 aliphatic carbocycles. The quantitative estimate of drug-likeness (QED) is 0.394. The molecule has 3 N–H and O–H groups in total. The Morgan fingerprint density at radius 2 is 1.57 bits per heavy atom. The van der Waals surface area contributed by atoms with E-state index in [9.17, 15) is 19.5 Å². The summed E-state index contributed by atoms with van der Waals surface area (Å²) in [6.07, 6.45) is 3.18. The number of aliphatic carboxylic acids is 1. The van der Waals surface area contributed by atoms with Crippen LogP contribution >= 0.6 is 0 Å². The Kier molecular flexibility index (Phi) is 9.06. The smallest absolute Gasteiger partial charge is 0.407 e. The van der Waals surface area contributed by atoms with Crippen LogP contribution in [0.1, 0.15) is 63.5 Å². The van der Waals surface area contributed by atoms with Gasteiger partial charge in [-0.2, -0.15) is 0 Å². The normalized spacial score (nSPS) is 13.7. The van der Waals surface area contributed by atoms with Crippen LogP contribution in [0.5, 0.6) is 0 Å². The highest BCUT2D eigenvalue weighted by Crippen LogP contribution is 2.44. The lowest BCUT2D eigenvalue weighted by atomic mass is 9.98. The minimum atomic E-state index is -1.09. The summed E-state index contributed by atoms with van der Waals surface area (Å²) in [6.45, 7) is 5.87. The van der Waals surface area contributed by atoms with E-state index >= 15 is 0 Å². The number of unbranched alkanes of at least 4 members (excludes halogenated alkanes) is 1. The Hall–Kier alpha value is -3.61.